The molecule has 0 saturated carbocycles. The van der Waals surface area contributed by atoms with E-state index in [4.69, 9.17) is 14.2 Å². The fourth-order valence-electron chi connectivity index (χ4n) is 8.80. The first-order chi connectivity index (χ1) is 41.0. The fourth-order valence-corrected chi connectivity index (χ4v) is 8.80. The van der Waals surface area contributed by atoms with Gasteiger partial charge in [0.2, 0.25) is 0 Å². The first kappa shape index (κ1) is 77.8. The maximum atomic E-state index is 12.9. The Morgan fingerprint density at radius 2 is 0.458 bits per heavy atom. The third kappa shape index (κ3) is 67.4. The lowest BCUT2D eigenvalue weighted by molar-refractivity contribution is -0.166. The molecule has 0 aromatic heterocycles. The molecule has 0 aliphatic carbocycles. The van der Waals surface area contributed by atoms with E-state index in [0.29, 0.717) is 19.3 Å². The maximum Gasteiger partial charge on any atom is 0.306 e. The Hall–Kier alpha value is -5.23. The fraction of sp³-hybridized carbons (Fsp3) is 0.597. The summed E-state index contributed by atoms with van der Waals surface area (Å²) in [6, 6.07) is 0. The molecular formula is C77H122O6. The Morgan fingerprint density at radius 3 is 0.759 bits per heavy atom. The molecule has 0 bridgehead atoms. The van der Waals surface area contributed by atoms with E-state index >= 15 is 0 Å². The van der Waals surface area contributed by atoms with E-state index in [2.05, 4.69) is 179 Å². The molecule has 1 atom stereocenters. The molecule has 0 spiro atoms. The summed E-state index contributed by atoms with van der Waals surface area (Å²) in [7, 11) is 0. The number of carbonyl (C=O) groups is 3. The van der Waals surface area contributed by atoms with Gasteiger partial charge in [0.15, 0.2) is 6.10 Å². The van der Waals surface area contributed by atoms with Crippen LogP contribution in [0, 0.1) is 0 Å². The Balaban J connectivity index is 4.30. The molecule has 0 saturated heterocycles. The lowest BCUT2D eigenvalue weighted by atomic mass is 10.0. The van der Waals surface area contributed by atoms with Crippen molar-refractivity contribution in [2.45, 2.75) is 284 Å². The van der Waals surface area contributed by atoms with Gasteiger partial charge in [-0.1, -0.05) is 294 Å². The quantitative estimate of drug-likeness (QED) is 0.0261. The second kappa shape index (κ2) is 69.3. The highest BCUT2D eigenvalue weighted by atomic mass is 16.6. The lowest BCUT2D eigenvalue weighted by Gasteiger charge is -2.18. The first-order valence-electron chi connectivity index (χ1n) is 33.6. The van der Waals surface area contributed by atoms with E-state index < -0.39 is 6.10 Å². The maximum absolute atomic E-state index is 12.9. The summed E-state index contributed by atoms with van der Waals surface area (Å²) >= 11 is 0. The summed E-state index contributed by atoms with van der Waals surface area (Å²) in [6.45, 7) is 6.21. The smallest absolute Gasteiger partial charge is 0.306 e. The van der Waals surface area contributed by atoms with Gasteiger partial charge in [-0.05, 0) is 135 Å². The van der Waals surface area contributed by atoms with Gasteiger partial charge in [-0.15, -0.1) is 0 Å². The van der Waals surface area contributed by atoms with Crippen LogP contribution in [0.5, 0.6) is 0 Å². The molecule has 6 heteroatoms. The highest BCUT2D eigenvalue weighted by molar-refractivity contribution is 5.71. The van der Waals surface area contributed by atoms with E-state index in [1.165, 1.54) is 96.3 Å². The van der Waals surface area contributed by atoms with Gasteiger partial charge in [-0.3, -0.25) is 14.4 Å². The van der Waals surface area contributed by atoms with Crippen molar-refractivity contribution < 1.29 is 28.6 Å². The molecule has 0 aliphatic rings. The van der Waals surface area contributed by atoms with Gasteiger partial charge in [0, 0.05) is 19.3 Å². The van der Waals surface area contributed by atoms with Crippen molar-refractivity contribution in [1.82, 2.24) is 0 Å². The molecule has 83 heavy (non-hydrogen) atoms. The summed E-state index contributed by atoms with van der Waals surface area (Å²) in [4.78, 5) is 38.3. The van der Waals surface area contributed by atoms with Crippen LogP contribution in [0.2, 0.25) is 0 Å². The number of hydrogen-bond acceptors (Lipinski definition) is 6. The van der Waals surface area contributed by atoms with Gasteiger partial charge in [0.1, 0.15) is 13.2 Å². The molecule has 0 radical (unpaired) electrons. The van der Waals surface area contributed by atoms with Crippen molar-refractivity contribution in [3.05, 3.63) is 170 Å². The molecule has 0 aliphatic heterocycles. The normalized spacial score (nSPS) is 13.2. The standard InChI is InChI=1S/C77H122O6/c1-4-7-10-13-16-19-22-25-27-29-31-32-33-34-35-36-37-38-39-40-41-42-43-44-46-47-49-52-55-58-61-64-67-70-76(79)82-73-74(72-81-75(78)69-66-63-60-57-54-51-24-21-18-15-12-9-6-3)83-77(80)71-68-65-62-59-56-53-50-48-45-30-28-26-23-20-17-14-11-8-5-2/h7-12,16-21,25-28,31-32,34-35,45,48,51,53-54,56,60,63,74H,4-6,13-15,22-24,29-30,33,36-44,46-47,49-50,52,55,57-59,61-62,64-73H2,1-3H3/b10-7-,11-8-,12-9-,19-16-,20-17-,21-18-,27-25-,28-26-,32-31-,35-34-,48-45-,54-51-,56-53-,63-60-. The van der Waals surface area contributed by atoms with Crippen LogP contribution in [0.3, 0.4) is 0 Å². The van der Waals surface area contributed by atoms with Crippen LogP contribution in [0.1, 0.15) is 278 Å². The van der Waals surface area contributed by atoms with Gasteiger partial charge in [-0.25, -0.2) is 0 Å². The average Bonchev–Trinajstić information content (AvgIpc) is 3.49. The molecule has 6 nitrogen and oxygen atoms in total. The zero-order valence-electron chi connectivity index (χ0n) is 53.4. The third-order valence-corrected chi connectivity index (χ3v) is 13.7. The summed E-state index contributed by atoms with van der Waals surface area (Å²) in [6.07, 6.45) is 103. The first-order valence-corrected chi connectivity index (χ1v) is 33.6. The highest BCUT2D eigenvalue weighted by Gasteiger charge is 2.19. The van der Waals surface area contributed by atoms with Gasteiger partial charge in [-0.2, -0.15) is 0 Å². The molecule has 0 heterocycles. The number of unbranched alkanes of at least 4 members (excludes halogenated alkanes) is 20. The van der Waals surface area contributed by atoms with Gasteiger partial charge < -0.3 is 14.2 Å². The van der Waals surface area contributed by atoms with Gasteiger partial charge >= 0.3 is 17.9 Å². The minimum absolute atomic E-state index is 0.119. The Bertz CT molecular complexity index is 1890. The molecule has 0 aromatic carbocycles. The molecule has 0 aromatic rings. The van der Waals surface area contributed by atoms with Crippen molar-refractivity contribution in [3.8, 4) is 0 Å². The Labute approximate surface area is 511 Å². The number of rotatable bonds is 59. The van der Waals surface area contributed by atoms with E-state index in [0.717, 1.165) is 128 Å². The number of allylic oxidation sites excluding steroid dienone is 28. The van der Waals surface area contributed by atoms with Gasteiger partial charge in [0.25, 0.3) is 0 Å². The predicted molar refractivity (Wildman–Crippen MR) is 361 cm³/mol. The summed E-state index contributed by atoms with van der Waals surface area (Å²) in [5, 5.41) is 0. The predicted octanol–water partition coefficient (Wildman–Crippen LogP) is 23.4. The Morgan fingerprint density at radius 1 is 0.241 bits per heavy atom. The van der Waals surface area contributed by atoms with Crippen molar-refractivity contribution >= 4 is 17.9 Å². The number of ether oxygens (including phenoxy) is 3. The van der Waals surface area contributed by atoms with Gasteiger partial charge in [0.05, 0.1) is 0 Å². The van der Waals surface area contributed by atoms with Crippen LogP contribution in [0.25, 0.3) is 0 Å². The minimum Gasteiger partial charge on any atom is -0.462 e. The third-order valence-electron chi connectivity index (χ3n) is 13.7. The summed E-state index contributed by atoms with van der Waals surface area (Å²) < 4.78 is 16.8. The van der Waals surface area contributed by atoms with Crippen LogP contribution >= 0.6 is 0 Å². The second-order valence-electron chi connectivity index (χ2n) is 21.6. The van der Waals surface area contributed by atoms with Crippen LogP contribution in [-0.4, -0.2) is 37.2 Å². The molecule has 0 rings (SSSR count). The topological polar surface area (TPSA) is 78.9 Å². The number of esters is 3. The molecule has 1 unspecified atom stereocenters. The number of hydrogen-bond donors (Lipinski definition) is 0. The van der Waals surface area contributed by atoms with E-state index in [9.17, 15) is 14.4 Å². The molecule has 0 fully saturated rings. The second-order valence-corrected chi connectivity index (χ2v) is 21.6. The Kier molecular flexibility index (Phi) is 64.9. The summed E-state index contributed by atoms with van der Waals surface area (Å²) in [5.41, 5.74) is 0. The SMILES string of the molecule is CC/C=C\C/C=C\C/C=C\C/C=C\C/C=C\CCCCCCCCCCCCCCCCCCCC(=O)OCC(COC(=O)CC/C=C\C/C=C\C/C=C\C/C=C\CC)OC(=O)CCCCC/C=C\C/C=C\C/C=C\C/C=C\C/C=C\CC. The van der Waals surface area contributed by atoms with Crippen molar-refractivity contribution in [1.29, 1.82) is 0 Å². The van der Waals surface area contributed by atoms with Crippen LogP contribution < -0.4 is 0 Å². The minimum atomic E-state index is -0.832. The molecule has 0 amide bonds. The lowest BCUT2D eigenvalue weighted by Crippen LogP contribution is -2.30. The van der Waals surface area contributed by atoms with Crippen LogP contribution in [0.15, 0.2) is 170 Å². The van der Waals surface area contributed by atoms with Crippen LogP contribution in [-0.2, 0) is 28.6 Å². The van der Waals surface area contributed by atoms with E-state index in [1.54, 1.807) is 0 Å². The largest absolute Gasteiger partial charge is 0.462 e. The van der Waals surface area contributed by atoms with Crippen molar-refractivity contribution in [3.63, 3.8) is 0 Å². The van der Waals surface area contributed by atoms with Crippen molar-refractivity contribution in [2.24, 2.45) is 0 Å². The van der Waals surface area contributed by atoms with E-state index in [-0.39, 0.29) is 44.0 Å². The average molecular weight is 1140 g/mol. The summed E-state index contributed by atoms with van der Waals surface area (Å²) in [5.74, 6) is -1.04. The zero-order valence-corrected chi connectivity index (χ0v) is 53.4. The van der Waals surface area contributed by atoms with Crippen molar-refractivity contribution in [2.75, 3.05) is 13.2 Å². The molecular weight excluding hydrogens is 1020 g/mol. The molecule has 0 N–H and O–H groups in total. The van der Waals surface area contributed by atoms with E-state index in [1.807, 2.05) is 12.2 Å². The monoisotopic (exact) mass is 1140 g/mol. The zero-order chi connectivity index (χ0) is 59.9. The molecule has 466 valence electrons. The number of carbonyl (C=O) groups excluding carboxylic acids is 3. The highest BCUT2D eigenvalue weighted by Crippen LogP contribution is 2.16. The van der Waals surface area contributed by atoms with Crippen LogP contribution in [0.4, 0.5) is 0 Å².